The molecule has 134 valence electrons. The van der Waals surface area contributed by atoms with E-state index in [9.17, 15) is 10.1 Å². The van der Waals surface area contributed by atoms with Crippen LogP contribution in [0, 0.1) is 10.1 Å². The van der Waals surface area contributed by atoms with Gasteiger partial charge in [-0.15, -0.1) is 23.2 Å². The van der Waals surface area contributed by atoms with Gasteiger partial charge in [0.2, 0.25) is 0 Å². The van der Waals surface area contributed by atoms with E-state index in [1.54, 1.807) is 18.2 Å². The number of ether oxygens (including phenoxy) is 1. The van der Waals surface area contributed by atoms with Crippen molar-refractivity contribution in [3.8, 4) is 0 Å². The number of benzene rings is 2. The van der Waals surface area contributed by atoms with Crippen LogP contribution >= 0.6 is 23.2 Å². The van der Waals surface area contributed by atoms with Gasteiger partial charge in [-0.1, -0.05) is 24.3 Å². The molecule has 6 nitrogen and oxygen atoms in total. The Morgan fingerprint density at radius 3 is 2.69 bits per heavy atom. The summed E-state index contributed by atoms with van der Waals surface area (Å²) >= 11 is 11.8. The van der Waals surface area contributed by atoms with Crippen molar-refractivity contribution >= 4 is 51.8 Å². The fourth-order valence-electron chi connectivity index (χ4n) is 2.39. The van der Waals surface area contributed by atoms with E-state index in [0.29, 0.717) is 17.1 Å². The normalized spacial score (nSPS) is 11.9. The van der Waals surface area contributed by atoms with Gasteiger partial charge in [-0.2, -0.15) is 0 Å². The molecule has 0 radical (unpaired) electrons. The molecule has 0 unspecified atom stereocenters. The number of aromatic amines is 1. The van der Waals surface area contributed by atoms with Crippen LogP contribution in [-0.4, -0.2) is 32.8 Å². The fraction of sp³-hybridized carbons (Fsp3) is 0.167. The van der Waals surface area contributed by atoms with E-state index in [1.807, 2.05) is 24.3 Å². The smallest absolute Gasteiger partial charge is 0.270 e. The quantitative estimate of drug-likeness (QED) is 0.270. The second-order valence-electron chi connectivity index (χ2n) is 5.51. The van der Waals surface area contributed by atoms with E-state index < -0.39 is 11.0 Å². The predicted molar refractivity (Wildman–Crippen MR) is 103 cm³/mol. The van der Waals surface area contributed by atoms with Crippen LogP contribution in [-0.2, 0) is 4.74 Å². The van der Waals surface area contributed by atoms with Gasteiger partial charge in [0.1, 0.15) is 6.10 Å². The number of nitro groups is 1. The molecule has 0 bridgehead atoms. The lowest BCUT2D eigenvalue weighted by atomic mass is 10.2. The lowest BCUT2D eigenvalue weighted by molar-refractivity contribution is -0.384. The second kappa shape index (κ2) is 8.21. The highest BCUT2D eigenvalue weighted by Gasteiger charge is 2.16. The largest absolute Gasteiger partial charge is 0.484 e. The highest BCUT2D eigenvalue weighted by molar-refractivity contribution is 6.21. The number of alkyl halides is 2. The molecule has 0 spiro atoms. The van der Waals surface area contributed by atoms with E-state index in [-0.39, 0.29) is 17.4 Å². The lowest BCUT2D eigenvalue weighted by Gasteiger charge is -2.15. The fourth-order valence-corrected chi connectivity index (χ4v) is 2.85. The zero-order valence-corrected chi connectivity index (χ0v) is 15.1. The highest BCUT2D eigenvalue weighted by atomic mass is 35.5. The molecule has 0 saturated heterocycles. The number of rotatable bonds is 7. The van der Waals surface area contributed by atoms with Gasteiger partial charge >= 0.3 is 0 Å². The van der Waals surface area contributed by atoms with Gasteiger partial charge in [-0.25, -0.2) is 4.98 Å². The molecule has 3 rings (SSSR count). The minimum absolute atomic E-state index is 0.00561. The molecular weight excluding hydrogens is 377 g/mol. The van der Waals surface area contributed by atoms with Crippen LogP contribution < -0.4 is 0 Å². The second-order valence-corrected chi connectivity index (χ2v) is 6.13. The molecule has 0 amide bonds. The third-order valence-corrected chi connectivity index (χ3v) is 4.33. The predicted octanol–water partition coefficient (Wildman–Crippen LogP) is 4.83. The number of aromatic nitrogens is 2. The monoisotopic (exact) mass is 391 g/mol. The first-order chi connectivity index (χ1) is 12.6. The number of imidazole rings is 1. The summed E-state index contributed by atoms with van der Waals surface area (Å²) in [5.74, 6) is 1.32. The molecule has 26 heavy (non-hydrogen) atoms. The Labute approximate surface area is 159 Å². The van der Waals surface area contributed by atoms with E-state index >= 15 is 0 Å². The number of para-hydroxylation sites is 2. The molecule has 1 aromatic heterocycles. The van der Waals surface area contributed by atoms with Crippen LogP contribution in [0.4, 0.5) is 5.69 Å². The number of H-pyrrole nitrogens is 1. The SMILES string of the molecule is O=[N+]([O-])c1cccc(/C=C(\OC(CCl)CCl)c2nc3ccccc3[nH]2)c1. The molecule has 2 aromatic carbocycles. The maximum atomic E-state index is 11.0. The van der Waals surface area contributed by atoms with Gasteiger partial charge in [0, 0.05) is 12.1 Å². The zero-order valence-electron chi connectivity index (χ0n) is 13.6. The van der Waals surface area contributed by atoms with Crippen molar-refractivity contribution < 1.29 is 9.66 Å². The Kier molecular flexibility index (Phi) is 5.75. The molecular formula is C18H15Cl2N3O3. The third kappa shape index (κ3) is 4.15. The number of nitrogens with zero attached hydrogens (tertiary/aromatic N) is 2. The number of hydrogen-bond donors (Lipinski definition) is 1. The van der Waals surface area contributed by atoms with E-state index in [4.69, 9.17) is 27.9 Å². The third-order valence-electron chi connectivity index (χ3n) is 3.64. The highest BCUT2D eigenvalue weighted by Crippen LogP contribution is 2.24. The first-order valence-corrected chi connectivity index (χ1v) is 8.87. The van der Waals surface area contributed by atoms with Crippen molar-refractivity contribution in [1.29, 1.82) is 0 Å². The summed E-state index contributed by atoms with van der Waals surface area (Å²) in [6.45, 7) is 0. The Morgan fingerprint density at radius 2 is 2.00 bits per heavy atom. The molecule has 8 heteroatoms. The van der Waals surface area contributed by atoms with Crippen LogP contribution in [0.15, 0.2) is 48.5 Å². The number of nitro benzene ring substituents is 1. The Morgan fingerprint density at radius 1 is 1.23 bits per heavy atom. The molecule has 0 aliphatic heterocycles. The summed E-state index contributed by atoms with van der Waals surface area (Å²) in [5, 5.41) is 11.0. The molecule has 3 aromatic rings. The van der Waals surface area contributed by atoms with Crippen LogP contribution in [0.2, 0.25) is 0 Å². The maximum absolute atomic E-state index is 11.0. The summed E-state index contributed by atoms with van der Waals surface area (Å²) in [5.41, 5.74) is 2.24. The minimum atomic E-state index is -0.445. The standard InChI is InChI=1S/C18H15Cl2N3O3/c19-10-14(11-20)26-17(9-12-4-3-5-13(8-12)23(24)25)18-21-15-6-1-2-7-16(15)22-18/h1-9,14H,10-11H2,(H,21,22)/b17-9-. The Bertz CT molecular complexity index is 919. The Hall–Kier alpha value is -2.57. The van der Waals surface area contributed by atoms with E-state index in [2.05, 4.69) is 9.97 Å². The van der Waals surface area contributed by atoms with Gasteiger partial charge in [0.15, 0.2) is 11.6 Å². The Balaban J connectivity index is 2.05. The van der Waals surface area contributed by atoms with Gasteiger partial charge in [-0.3, -0.25) is 10.1 Å². The molecule has 0 saturated carbocycles. The zero-order chi connectivity index (χ0) is 18.5. The summed E-state index contributed by atoms with van der Waals surface area (Å²) in [6.07, 6.45) is 1.26. The van der Waals surface area contributed by atoms with Gasteiger partial charge in [0.25, 0.3) is 5.69 Å². The van der Waals surface area contributed by atoms with Crippen molar-refractivity contribution in [2.24, 2.45) is 0 Å². The minimum Gasteiger partial charge on any atom is -0.484 e. The van der Waals surface area contributed by atoms with E-state index in [0.717, 1.165) is 11.0 Å². The topological polar surface area (TPSA) is 81.1 Å². The molecule has 0 atom stereocenters. The number of halogens is 2. The van der Waals surface area contributed by atoms with Gasteiger partial charge in [0.05, 0.1) is 27.7 Å². The van der Waals surface area contributed by atoms with Crippen molar-refractivity contribution in [2.45, 2.75) is 6.10 Å². The number of hydrogen-bond acceptors (Lipinski definition) is 4. The van der Waals surface area contributed by atoms with Gasteiger partial charge in [-0.05, 0) is 23.8 Å². The maximum Gasteiger partial charge on any atom is 0.270 e. The number of fused-ring (bicyclic) bond motifs is 1. The summed E-state index contributed by atoms with van der Waals surface area (Å²) < 4.78 is 5.90. The average Bonchev–Trinajstić information content (AvgIpc) is 3.09. The average molecular weight is 392 g/mol. The van der Waals surface area contributed by atoms with Crippen molar-refractivity contribution in [1.82, 2.24) is 9.97 Å². The summed E-state index contributed by atoms with van der Waals surface area (Å²) in [6, 6.07) is 13.8. The first kappa shape index (κ1) is 18.2. The van der Waals surface area contributed by atoms with Crippen molar-refractivity contribution in [3.05, 3.63) is 70.0 Å². The van der Waals surface area contributed by atoms with Crippen LogP contribution in [0.1, 0.15) is 11.4 Å². The van der Waals surface area contributed by atoms with E-state index in [1.165, 1.54) is 12.1 Å². The first-order valence-electron chi connectivity index (χ1n) is 7.80. The van der Waals surface area contributed by atoms with Crippen LogP contribution in [0.3, 0.4) is 0 Å². The van der Waals surface area contributed by atoms with Crippen molar-refractivity contribution in [3.63, 3.8) is 0 Å². The van der Waals surface area contributed by atoms with Crippen molar-refractivity contribution in [2.75, 3.05) is 11.8 Å². The molecule has 0 aliphatic carbocycles. The summed E-state index contributed by atoms with van der Waals surface area (Å²) in [7, 11) is 0. The molecule has 1 heterocycles. The molecule has 0 aliphatic rings. The molecule has 1 N–H and O–H groups in total. The lowest BCUT2D eigenvalue weighted by Crippen LogP contribution is -2.16. The summed E-state index contributed by atoms with van der Waals surface area (Å²) in [4.78, 5) is 18.3. The molecule has 0 fully saturated rings. The number of non-ortho nitro benzene ring substituents is 1. The van der Waals surface area contributed by atoms with Gasteiger partial charge < -0.3 is 9.72 Å². The number of nitrogens with one attached hydrogen (secondary N) is 1. The van der Waals surface area contributed by atoms with Crippen LogP contribution in [0.25, 0.3) is 22.9 Å². The van der Waals surface area contributed by atoms with Crippen LogP contribution in [0.5, 0.6) is 0 Å².